The monoisotopic (exact) mass is 340 g/mol. The van der Waals surface area contributed by atoms with E-state index in [0.29, 0.717) is 42.6 Å². The maximum Gasteiger partial charge on any atom is 0.251 e. The minimum Gasteiger partial charge on any atom is -0.493 e. The molecule has 0 aliphatic carbocycles. The topological polar surface area (TPSA) is 68.8 Å². The summed E-state index contributed by atoms with van der Waals surface area (Å²) in [7, 11) is 1.55. The molecule has 2 aliphatic rings. The molecule has 0 unspecified atom stereocenters. The fourth-order valence-corrected chi connectivity index (χ4v) is 3.15. The lowest BCUT2D eigenvalue weighted by Gasteiger charge is -2.21. The predicted molar refractivity (Wildman–Crippen MR) is 92.1 cm³/mol. The molecule has 2 N–H and O–H groups in total. The van der Waals surface area contributed by atoms with Gasteiger partial charge in [-0.15, -0.1) is 0 Å². The fourth-order valence-electron chi connectivity index (χ4n) is 3.15. The molecule has 2 aromatic rings. The standard InChI is InChI=1S/C19H20N2O4/c1-23-16-7-14(8-17-18(16)25-5-4-24-17)19(22)21-9-12-2-3-13-10-20-11-15(13)6-12/h2-3,6-8,20H,4-5,9-11H2,1H3,(H,21,22). The van der Waals surface area contributed by atoms with E-state index in [2.05, 4.69) is 28.8 Å². The molecule has 6 nitrogen and oxygen atoms in total. The van der Waals surface area contributed by atoms with Crippen LogP contribution < -0.4 is 24.8 Å². The Morgan fingerprint density at radius 3 is 2.88 bits per heavy atom. The van der Waals surface area contributed by atoms with Gasteiger partial charge in [-0.05, 0) is 28.8 Å². The van der Waals surface area contributed by atoms with Crippen LogP contribution in [-0.2, 0) is 19.6 Å². The number of ether oxygens (including phenoxy) is 3. The molecule has 0 radical (unpaired) electrons. The van der Waals surface area contributed by atoms with Crippen molar-refractivity contribution in [3.05, 3.63) is 52.6 Å². The Balaban J connectivity index is 1.49. The number of fused-ring (bicyclic) bond motifs is 2. The molecular formula is C19H20N2O4. The number of hydrogen-bond acceptors (Lipinski definition) is 5. The van der Waals surface area contributed by atoms with Crippen LogP contribution in [0.3, 0.4) is 0 Å². The van der Waals surface area contributed by atoms with E-state index in [0.717, 1.165) is 18.7 Å². The van der Waals surface area contributed by atoms with Crippen LogP contribution >= 0.6 is 0 Å². The van der Waals surface area contributed by atoms with Gasteiger partial charge in [0.25, 0.3) is 5.91 Å². The van der Waals surface area contributed by atoms with Gasteiger partial charge in [-0.25, -0.2) is 0 Å². The van der Waals surface area contributed by atoms with E-state index < -0.39 is 0 Å². The molecule has 0 atom stereocenters. The molecule has 1 amide bonds. The van der Waals surface area contributed by atoms with E-state index in [1.807, 2.05) is 0 Å². The summed E-state index contributed by atoms with van der Waals surface area (Å²) < 4.78 is 16.5. The molecule has 0 aromatic heterocycles. The number of carbonyl (C=O) groups excluding carboxylic acids is 1. The minimum atomic E-state index is -0.172. The van der Waals surface area contributed by atoms with Gasteiger partial charge in [0.05, 0.1) is 7.11 Å². The molecule has 4 rings (SSSR count). The van der Waals surface area contributed by atoms with Crippen LogP contribution in [0.25, 0.3) is 0 Å². The van der Waals surface area contributed by atoms with E-state index in [9.17, 15) is 4.79 Å². The maximum atomic E-state index is 12.5. The van der Waals surface area contributed by atoms with Crippen molar-refractivity contribution >= 4 is 5.91 Å². The van der Waals surface area contributed by atoms with Crippen molar-refractivity contribution in [2.75, 3.05) is 20.3 Å². The van der Waals surface area contributed by atoms with Crippen LogP contribution in [0.1, 0.15) is 27.0 Å². The molecule has 130 valence electrons. The van der Waals surface area contributed by atoms with E-state index in [1.54, 1.807) is 19.2 Å². The highest BCUT2D eigenvalue weighted by atomic mass is 16.6. The number of hydrogen-bond donors (Lipinski definition) is 2. The number of carbonyl (C=O) groups is 1. The zero-order valence-corrected chi connectivity index (χ0v) is 14.1. The predicted octanol–water partition coefficient (Wildman–Crippen LogP) is 2.00. The molecule has 0 bridgehead atoms. The van der Waals surface area contributed by atoms with Crippen molar-refractivity contribution in [3.8, 4) is 17.2 Å². The number of methoxy groups -OCH3 is 1. The van der Waals surface area contributed by atoms with E-state index in [1.165, 1.54) is 11.1 Å². The summed E-state index contributed by atoms with van der Waals surface area (Å²) in [6, 6.07) is 9.68. The SMILES string of the molecule is COc1cc(C(=O)NCc2ccc3c(c2)CNC3)cc2c1OCCO2. The van der Waals surface area contributed by atoms with Crippen molar-refractivity contribution in [1.29, 1.82) is 0 Å². The van der Waals surface area contributed by atoms with Crippen LogP contribution in [0.4, 0.5) is 0 Å². The van der Waals surface area contributed by atoms with E-state index in [-0.39, 0.29) is 5.91 Å². The Morgan fingerprint density at radius 1 is 1.16 bits per heavy atom. The van der Waals surface area contributed by atoms with Crippen LogP contribution in [0.15, 0.2) is 30.3 Å². The molecule has 0 saturated heterocycles. The van der Waals surface area contributed by atoms with Gasteiger partial charge in [0.1, 0.15) is 13.2 Å². The van der Waals surface area contributed by atoms with Crippen LogP contribution in [0.5, 0.6) is 17.2 Å². The second-order valence-corrected chi connectivity index (χ2v) is 6.09. The summed E-state index contributed by atoms with van der Waals surface area (Å²) in [5.41, 5.74) is 4.20. The molecule has 2 heterocycles. The molecule has 25 heavy (non-hydrogen) atoms. The summed E-state index contributed by atoms with van der Waals surface area (Å²) in [4.78, 5) is 12.5. The third kappa shape index (κ3) is 3.13. The minimum absolute atomic E-state index is 0.172. The van der Waals surface area contributed by atoms with Gasteiger partial charge in [-0.3, -0.25) is 4.79 Å². The zero-order valence-electron chi connectivity index (χ0n) is 14.1. The van der Waals surface area contributed by atoms with Gasteiger partial charge in [-0.2, -0.15) is 0 Å². The molecular weight excluding hydrogens is 320 g/mol. The first-order valence-corrected chi connectivity index (χ1v) is 8.32. The van der Waals surface area contributed by atoms with E-state index >= 15 is 0 Å². The van der Waals surface area contributed by atoms with Crippen molar-refractivity contribution in [2.45, 2.75) is 19.6 Å². The van der Waals surface area contributed by atoms with Gasteiger partial charge < -0.3 is 24.8 Å². The van der Waals surface area contributed by atoms with Gasteiger partial charge in [0, 0.05) is 25.2 Å². The van der Waals surface area contributed by atoms with Crippen molar-refractivity contribution < 1.29 is 19.0 Å². The van der Waals surface area contributed by atoms with Crippen LogP contribution in [-0.4, -0.2) is 26.2 Å². The third-order valence-corrected chi connectivity index (χ3v) is 4.44. The van der Waals surface area contributed by atoms with Gasteiger partial charge in [0.2, 0.25) is 5.75 Å². The fraction of sp³-hybridized carbons (Fsp3) is 0.316. The Bertz CT molecular complexity index is 802. The highest BCUT2D eigenvalue weighted by molar-refractivity contribution is 5.95. The second-order valence-electron chi connectivity index (χ2n) is 6.09. The average Bonchev–Trinajstić information content (AvgIpc) is 3.13. The lowest BCUT2D eigenvalue weighted by molar-refractivity contribution is 0.0949. The largest absolute Gasteiger partial charge is 0.493 e. The Labute approximate surface area is 146 Å². The van der Waals surface area contributed by atoms with Crippen LogP contribution in [0, 0.1) is 0 Å². The van der Waals surface area contributed by atoms with Crippen molar-refractivity contribution in [2.24, 2.45) is 0 Å². The summed E-state index contributed by atoms with van der Waals surface area (Å²) in [6.45, 7) is 3.21. The first-order valence-electron chi connectivity index (χ1n) is 8.32. The molecule has 2 aromatic carbocycles. The quantitative estimate of drug-likeness (QED) is 0.891. The highest BCUT2D eigenvalue weighted by Crippen LogP contribution is 2.40. The Morgan fingerprint density at radius 2 is 2.00 bits per heavy atom. The van der Waals surface area contributed by atoms with E-state index in [4.69, 9.17) is 14.2 Å². The lowest BCUT2D eigenvalue weighted by atomic mass is 10.1. The maximum absolute atomic E-state index is 12.5. The number of benzene rings is 2. The highest BCUT2D eigenvalue weighted by Gasteiger charge is 2.21. The van der Waals surface area contributed by atoms with Gasteiger partial charge >= 0.3 is 0 Å². The summed E-state index contributed by atoms with van der Waals surface area (Å²) in [5.74, 6) is 1.43. The Kier molecular flexibility index (Phi) is 4.19. The third-order valence-electron chi connectivity index (χ3n) is 4.44. The Hall–Kier alpha value is -2.73. The molecule has 6 heteroatoms. The van der Waals surface area contributed by atoms with Crippen molar-refractivity contribution in [3.63, 3.8) is 0 Å². The first-order chi connectivity index (χ1) is 12.2. The molecule has 2 aliphatic heterocycles. The second kappa shape index (κ2) is 6.64. The van der Waals surface area contributed by atoms with Gasteiger partial charge in [-0.1, -0.05) is 18.2 Å². The summed E-state index contributed by atoms with van der Waals surface area (Å²) in [6.07, 6.45) is 0. The van der Waals surface area contributed by atoms with Crippen molar-refractivity contribution in [1.82, 2.24) is 10.6 Å². The smallest absolute Gasteiger partial charge is 0.251 e. The molecule has 0 saturated carbocycles. The number of rotatable bonds is 4. The normalized spacial score (nSPS) is 14.8. The number of amides is 1. The average molecular weight is 340 g/mol. The lowest BCUT2D eigenvalue weighted by Crippen LogP contribution is -2.24. The zero-order chi connectivity index (χ0) is 17.2. The molecule has 0 fully saturated rings. The first kappa shape index (κ1) is 15.8. The van der Waals surface area contributed by atoms with Crippen LogP contribution in [0.2, 0.25) is 0 Å². The summed E-state index contributed by atoms with van der Waals surface area (Å²) >= 11 is 0. The number of nitrogens with one attached hydrogen (secondary N) is 2. The molecule has 0 spiro atoms. The van der Waals surface area contributed by atoms with Gasteiger partial charge in [0.15, 0.2) is 11.5 Å². The summed E-state index contributed by atoms with van der Waals surface area (Å²) in [5, 5.41) is 6.27.